The lowest BCUT2D eigenvalue weighted by Gasteiger charge is -2.26. The number of carboxylic acid groups (broad SMARTS) is 1. The number of halogens is 1. The molecule has 4 heterocycles. The van der Waals surface area contributed by atoms with E-state index in [0.29, 0.717) is 67.5 Å². The first-order chi connectivity index (χ1) is 34.3. The van der Waals surface area contributed by atoms with Crippen molar-refractivity contribution in [2.24, 2.45) is 0 Å². The van der Waals surface area contributed by atoms with Crippen LogP contribution in [0.25, 0.3) is 46.4 Å². The minimum atomic E-state index is -1.28. The van der Waals surface area contributed by atoms with Gasteiger partial charge in [0, 0.05) is 31.8 Å². The minimum absolute atomic E-state index is 0.343. The SMILES string of the molecule is CCCCCCOc1ccc(N(c2ccc(OCCCCCC)cc2)c2ccc(-c3sc(-c4sc5c(OCCC)c6cc(/C=C(/C#N)C(=O)O)sc6c(OCCC)c5c4Br)c4c3OCCO4)cc2)cc1. The van der Waals surface area contributed by atoms with Crippen molar-refractivity contribution in [3.8, 4) is 60.8 Å². The summed E-state index contributed by atoms with van der Waals surface area (Å²) in [6, 6.07) is 29.0. The summed E-state index contributed by atoms with van der Waals surface area (Å²) in [6.07, 6.45) is 12.2. The zero-order valence-corrected chi connectivity index (χ0v) is 44.2. The van der Waals surface area contributed by atoms with Crippen LogP contribution in [0.5, 0.6) is 34.5 Å². The highest BCUT2D eigenvalue weighted by Crippen LogP contribution is 2.61. The number of carboxylic acids is 1. The van der Waals surface area contributed by atoms with Gasteiger partial charge in [0.25, 0.3) is 0 Å². The number of anilines is 3. The van der Waals surface area contributed by atoms with Crippen LogP contribution in [0.3, 0.4) is 0 Å². The fraction of sp³-hybridized carbons (Fsp3) is 0.357. The van der Waals surface area contributed by atoms with Gasteiger partial charge in [-0.3, -0.25) is 0 Å². The lowest BCUT2D eigenvalue weighted by Crippen LogP contribution is -2.14. The Morgan fingerprint density at radius 3 is 1.73 bits per heavy atom. The monoisotopic (exact) mass is 1060 g/mol. The molecule has 1 aliphatic rings. The molecule has 0 saturated heterocycles. The normalized spacial score (nSPS) is 12.3. The van der Waals surface area contributed by atoms with Crippen LogP contribution < -0.4 is 33.3 Å². The Morgan fingerprint density at radius 2 is 1.20 bits per heavy atom. The van der Waals surface area contributed by atoms with E-state index in [4.69, 9.17) is 28.4 Å². The molecule has 70 heavy (non-hydrogen) atoms. The largest absolute Gasteiger partial charge is 0.494 e. The molecule has 0 atom stereocenters. The molecule has 10 nitrogen and oxygen atoms in total. The van der Waals surface area contributed by atoms with Gasteiger partial charge < -0.3 is 38.4 Å². The van der Waals surface area contributed by atoms with Crippen LogP contribution in [-0.4, -0.2) is 50.7 Å². The van der Waals surface area contributed by atoms with Gasteiger partial charge in [0.15, 0.2) is 11.5 Å². The van der Waals surface area contributed by atoms with Crippen molar-refractivity contribution in [1.82, 2.24) is 0 Å². The van der Waals surface area contributed by atoms with E-state index in [1.165, 1.54) is 55.9 Å². The third kappa shape index (κ3) is 11.4. The summed E-state index contributed by atoms with van der Waals surface area (Å²) in [5.41, 5.74) is 3.65. The van der Waals surface area contributed by atoms with Gasteiger partial charge in [0.1, 0.15) is 47.9 Å². The Balaban J connectivity index is 1.17. The molecule has 7 aromatic rings. The van der Waals surface area contributed by atoms with Crippen LogP contribution in [0.4, 0.5) is 17.1 Å². The van der Waals surface area contributed by atoms with Crippen molar-refractivity contribution in [3.05, 3.63) is 93.8 Å². The summed E-state index contributed by atoms with van der Waals surface area (Å²) in [7, 11) is 0. The van der Waals surface area contributed by atoms with E-state index in [9.17, 15) is 15.2 Å². The average molecular weight is 1060 g/mol. The molecule has 0 radical (unpaired) electrons. The van der Waals surface area contributed by atoms with Crippen LogP contribution in [-0.2, 0) is 4.79 Å². The second-order valence-electron chi connectivity index (χ2n) is 17.0. The van der Waals surface area contributed by atoms with E-state index in [0.717, 1.165) is 99.1 Å². The van der Waals surface area contributed by atoms with Crippen LogP contribution in [0.1, 0.15) is 96.8 Å². The number of rotatable bonds is 25. The zero-order chi connectivity index (χ0) is 49.0. The molecule has 8 rings (SSSR count). The minimum Gasteiger partial charge on any atom is -0.494 e. The van der Waals surface area contributed by atoms with Gasteiger partial charge in [-0.15, -0.1) is 34.0 Å². The third-order valence-corrected chi connectivity index (χ3v) is 16.4. The molecule has 0 saturated carbocycles. The van der Waals surface area contributed by atoms with E-state index < -0.39 is 5.97 Å². The van der Waals surface area contributed by atoms with Crippen molar-refractivity contribution in [2.45, 2.75) is 91.9 Å². The number of unbranched alkanes of at least 4 members (excludes halogenated alkanes) is 6. The first-order valence-electron chi connectivity index (χ1n) is 24.4. The maximum atomic E-state index is 11.8. The fourth-order valence-electron chi connectivity index (χ4n) is 8.27. The number of benzene rings is 4. The molecule has 14 heteroatoms. The van der Waals surface area contributed by atoms with Gasteiger partial charge in [-0.2, -0.15) is 5.26 Å². The number of nitrogens with zero attached hydrogens (tertiary/aromatic N) is 2. The molecule has 0 unspecified atom stereocenters. The number of carbonyl (C=O) groups is 1. The fourth-order valence-corrected chi connectivity index (χ4v) is 13.0. The molecule has 0 fully saturated rings. The standard InChI is InChI=1S/C56H59BrN2O8S3/c1-5-9-11-13-29-62-41-23-19-39(20-24-41)59(40-21-25-42(26-22-40)63-30-14-12-10-6-2)38-17-15-36(16-18-38)51-49-50(67-32-31-66-49)55(69-51)54-46(57)45-48(65-28-8-4)52-44(47(53(45)70-54)64-27-7-3)34-43(68-52)33-37(35-58)56(60)61/h15-26,33-34H,5-14,27-32H2,1-4H3,(H,60,61)/b37-33-. The van der Waals surface area contributed by atoms with E-state index in [-0.39, 0.29) is 5.57 Å². The highest BCUT2D eigenvalue weighted by Gasteiger charge is 2.32. The van der Waals surface area contributed by atoms with E-state index in [1.54, 1.807) is 28.7 Å². The predicted molar refractivity (Wildman–Crippen MR) is 291 cm³/mol. The summed E-state index contributed by atoms with van der Waals surface area (Å²) in [5, 5.41) is 20.9. The first kappa shape index (κ1) is 50.7. The van der Waals surface area contributed by atoms with Gasteiger partial charge in [-0.1, -0.05) is 78.4 Å². The van der Waals surface area contributed by atoms with E-state index in [2.05, 4.69) is 121 Å². The number of aliphatic carboxylic acids is 1. The summed E-state index contributed by atoms with van der Waals surface area (Å²) in [6.45, 7) is 11.8. The molecule has 0 aliphatic carbocycles. The average Bonchev–Trinajstić information content (AvgIpc) is 4.08. The molecule has 0 bridgehead atoms. The van der Waals surface area contributed by atoms with Crippen molar-refractivity contribution in [2.75, 3.05) is 44.5 Å². The van der Waals surface area contributed by atoms with Gasteiger partial charge in [-0.05, 0) is 120 Å². The predicted octanol–water partition coefficient (Wildman–Crippen LogP) is 17.0. The number of ether oxygens (including phenoxy) is 6. The van der Waals surface area contributed by atoms with Crippen LogP contribution in [0, 0.1) is 11.3 Å². The summed E-state index contributed by atoms with van der Waals surface area (Å²) in [5.74, 6) is 3.22. The number of hydrogen-bond acceptors (Lipinski definition) is 12. The van der Waals surface area contributed by atoms with Gasteiger partial charge >= 0.3 is 5.97 Å². The maximum absolute atomic E-state index is 11.8. The Kier molecular flexibility index (Phi) is 17.7. The topological polar surface area (TPSA) is 120 Å². The molecular formula is C56H59BrN2O8S3. The molecule has 3 aromatic heterocycles. The molecule has 1 aliphatic heterocycles. The summed E-state index contributed by atoms with van der Waals surface area (Å²) < 4.78 is 40.9. The second-order valence-corrected chi connectivity index (χ2v) is 20.9. The second kappa shape index (κ2) is 24.4. The van der Waals surface area contributed by atoms with Crippen molar-refractivity contribution >= 4 is 99.2 Å². The molecule has 366 valence electrons. The van der Waals surface area contributed by atoms with Gasteiger partial charge in [-0.25, -0.2) is 4.79 Å². The number of fused-ring (bicyclic) bond motifs is 3. The molecule has 0 spiro atoms. The highest BCUT2D eigenvalue weighted by molar-refractivity contribution is 9.10. The highest BCUT2D eigenvalue weighted by atomic mass is 79.9. The first-order valence-corrected chi connectivity index (χ1v) is 27.6. The lowest BCUT2D eigenvalue weighted by atomic mass is 10.1. The molecule has 4 aromatic carbocycles. The van der Waals surface area contributed by atoms with Crippen LogP contribution in [0.15, 0.2) is 88.9 Å². The Bertz CT molecular complexity index is 2890. The zero-order valence-electron chi connectivity index (χ0n) is 40.2. The van der Waals surface area contributed by atoms with Gasteiger partial charge in [0.05, 0.1) is 55.8 Å². The molecule has 1 N–H and O–H groups in total. The van der Waals surface area contributed by atoms with Crippen molar-refractivity contribution in [1.29, 1.82) is 5.26 Å². The summed E-state index contributed by atoms with van der Waals surface area (Å²) in [4.78, 5) is 17.5. The van der Waals surface area contributed by atoms with Crippen molar-refractivity contribution < 1.29 is 38.3 Å². The smallest absolute Gasteiger partial charge is 0.346 e. The molecular weight excluding hydrogens is 1000 g/mol. The quantitative estimate of drug-likeness (QED) is 0.0337. The van der Waals surface area contributed by atoms with Crippen LogP contribution >= 0.6 is 49.9 Å². The number of nitriles is 1. The van der Waals surface area contributed by atoms with E-state index >= 15 is 0 Å². The number of hydrogen-bond donors (Lipinski definition) is 1. The van der Waals surface area contributed by atoms with Crippen LogP contribution in [0.2, 0.25) is 0 Å². The summed E-state index contributed by atoms with van der Waals surface area (Å²) >= 11 is 8.64. The number of thiophene rings is 3. The lowest BCUT2D eigenvalue weighted by molar-refractivity contribution is -0.132. The Morgan fingerprint density at radius 1 is 0.657 bits per heavy atom. The maximum Gasteiger partial charge on any atom is 0.346 e. The van der Waals surface area contributed by atoms with Crippen molar-refractivity contribution in [3.63, 3.8) is 0 Å². The Labute approximate surface area is 431 Å². The van der Waals surface area contributed by atoms with E-state index in [1.807, 2.05) is 6.07 Å². The van der Waals surface area contributed by atoms with Gasteiger partial charge in [0.2, 0.25) is 0 Å². The third-order valence-electron chi connectivity index (χ3n) is 11.7. The Hall–Kier alpha value is -5.72. The molecule has 0 amide bonds.